The molecular formula is C11H20N2O. The van der Waals surface area contributed by atoms with Crippen molar-refractivity contribution in [3.05, 3.63) is 12.2 Å². The summed E-state index contributed by atoms with van der Waals surface area (Å²) in [5, 5.41) is 3.21. The lowest BCUT2D eigenvalue weighted by Gasteiger charge is -2.27. The predicted octanol–water partition coefficient (Wildman–Crippen LogP) is 1.16. The summed E-state index contributed by atoms with van der Waals surface area (Å²) in [6.45, 7) is 9.44. The van der Waals surface area contributed by atoms with E-state index in [4.69, 9.17) is 0 Å². The molecule has 3 nitrogen and oxygen atoms in total. The van der Waals surface area contributed by atoms with E-state index in [0.29, 0.717) is 6.42 Å². The zero-order valence-electron chi connectivity index (χ0n) is 9.01. The van der Waals surface area contributed by atoms with Crippen LogP contribution in [-0.2, 0) is 4.79 Å². The molecule has 1 fully saturated rings. The molecule has 0 bridgehead atoms. The molecular weight excluding hydrogens is 176 g/mol. The molecule has 1 rings (SSSR count). The molecule has 3 heteroatoms. The molecule has 0 aromatic rings. The summed E-state index contributed by atoms with van der Waals surface area (Å²) in [7, 11) is 0. The molecule has 1 N–H and O–H groups in total. The van der Waals surface area contributed by atoms with Crippen LogP contribution in [0.15, 0.2) is 12.2 Å². The highest BCUT2D eigenvalue weighted by Crippen LogP contribution is 2.11. The lowest BCUT2D eigenvalue weighted by atomic mass is 10.1. The van der Waals surface area contributed by atoms with Crippen LogP contribution in [0.3, 0.4) is 0 Å². The molecule has 0 aromatic carbocycles. The third-order valence-electron chi connectivity index (χ3n) is 2.46. The van der Waals surface area contributed by atoms with Crippen LogP contribution in [0.2, 0.25) is 0 Å². The topological polar surface area (TPSA) is 32.3 Å². The number of carbonyl (C=O) groups is 1. The van der Waals surface area contributed by atoms with Crippen molar-refractivity contribution < 1.29 is 4.79 Å². The van der Waals surface area contributed by atoms with Crippen molar-refractivity contribution in [1.29, 1.82) is 0 Å². The fourth-order valence-electron chi connectivity index (χ4n) is 1.66. The van der Waals surface area contributed by atoms with Gasteiger partial charge in [-0.2, -0.15) is 0 Å². The highest BCUT2D eigenvalue weighted by Gasteiger charge is 2.17. The van der Waals surface area contributed by atoms with Gasteiger partial charge in [0, 0.05) is 26.1 Å². The first kappa shape index (κ1) is 11.2. The van der Waals surface area contributed by atoms with Crippen molar-refractivity contribution in [1.82, 2.24) is 10.2 Å². The molecule has 1 aliphatic rings. The lowest BCUT2D eigenvalue weighted by Crippen LogP contribution is -2.37. The smallest absolute Gasteiger partial charge is 0.222 e. The van der Waals surface area contributed by atoms with Crippen LogP contribution < -0.4 is 5.32 Å². The van der Waals surface area contributed by atoms with Gasteiger partial charge in [-0.25, -0.2) is 0 Å². The van der Waals surface area contributed by atoms with Gasteiger partial charge in [0.2, 0.25) is 5.91 Å². The number of amides is 1. The zero-order chi connectivity index (χ0) is 10.4. The highest BCUT2D eigenvalue weighted by molar-refractivity contribution is 5.77. The second-order valence-electron chi connectivity index (χ2n) is 3.80. The number of hydrogen-bond acceptors (Lipinski definition) is 2. The Bertz CT molecular complexity index is 213. The van der Waals surface area contributed by atoms with Crippen LogP contribution in [0.1, 0.15) is 26.2 Å². The van der Waals surface area contributed by atoms with Crippen LogP contribution in [0.5, 0.6) is 0 Å². The van der Waals surface area contributed by atoms with E-state index in [1.165, 1.54) is 0 Å². The molecule has 0 spiro atoms. The minimum Gasteiger partial charge on any atom is -0.339 e. The number of hydrogen-bond donors (Lipinski definition) is 1. The SMILES string of the molecule is C=C(CNCC)CN1CCCCC1=O. The molecule has 1 saturated heterocycles. The van der Waals surface area contributed by atoms with Gasteiger partial charge in [0.1, 0.15) is 0 Å². The summed E-state index contributed by atoms with van der Waals surface area (Å²) >= 11 is 0. The van der Waals surface area contributed by atoms with Crippen LogP contribution in [0.4, 0.5) is 0 Å². The van der Waals surface area contributed by atoms with Gasteiger partial charge < -0.3 is 10.2 Å². The van der Waals surface area contributed by atoms with E-state index in [2.05, 4.69) is 18.8 Å². The number of likely N-dealkylation sites (tertiary alicyclic amines) is 1. The monoisotopic (exact) mass is 196 g/mol. The Morgan fingerprint density at radius 1 is 1.57 bits per heavy atom. The second kappa shape index (κ2) is 5.81. The van der Waals surface area contributed by atoms with Gasteiger partial charge in [-0.1, -0.05) is 13.5 Å². The van der Waals surface area contributed by atoms with Crippen molar-refractivity contribution in [2.45, 2.75) is 26.2 Å². The molecule has 1 heterocycles. The fraction of sp³-hybridized carbons (Fsp3) is 0.727. The molecule has 0 atom stereocenters. The van der Waals surface area contributed by atoms with Gasteiger partial charge in [0.15, 0.2) is 0 Å². The summed E-state index contributed by atoms with van der Waals surface area (Å²) in [5.74, 6) is 0.286. The number of likely N-dealkylation sites (N-methyl/N-ethyl adjacent to an activating group) is 1. The standard InChI is InChI=1S/C11H20N2O/c1-3-12-8-10(2)9-13-7-5-4-6-11(13)14/h12H,2-9H2,1H3. The number of nitrogens with zero attached hydrogens (tertiary/aromatic N) is 1. The van der Waals surface area contributed by atoms with E-state index >= 15 is 0 Å². The lowest BCUT2D eigenvalue weighted by molar-refractivity contribution is -0.132. The normalized spacial score (nSPS) is 17.2. The Kier molecular flexibility index (Phi) is 4.66. The van der Waals surface area contributed by atoms with Crippen molar-refractivity contribution in [3.63, 3.8) is 0 Å². The Balaban J connectivity index is 2.27. The quantitative estimate of drug-likeness (QED) is 0.669. The number of piperidine rings is 1. The number of rotatable bonds is 5. The van der Waals surface area contributed by atoms with Crippen molar-refractivity contribution >= 4 is 5.91 Å². The largest absolute Gasteiger partial charge is 0.339 e. The summed E-state index contributed by atoms with van der Waals surface area (Å²) in [5.41, 5.74) is 1.10. The van der Waals surface area contributed by atoms with E-state index in [0.717, 1.165) is 44.6 Å². The molecule has 0 saturated carbocycles. The zero-order valence-corrected chi connectivity index (χ0v) is 9.01. The van der Waals surface area contributed by atoms with E-state index in [-0.39, 0.29) is 5.91 Å². The molecule has 0 aromatic heterocycles. The maximum absolute atomic E-state index is 11.5. The molecule has 1 amide bonds. The Morgan fingerprint density at radius 3 is 3.00 bits per heavy atom. The maximum Gasteiger partial charge on any atom is 0.222 e. The third-order valence-corrected chi connectivity index (χ3v) is 2.46. The third kappa shape index (κ3) is 3.50. The first-order valence-electron chi connectivity index (χ1n) is 5.39. The van der Waals surface area contributed by atoms with Gasteiger partial charge in [0.25, 0.3) is 0 Å². The number of carbonyl (C=O) groups excluding carboxylic acids is 1. The maximum atomic E-state index is 11.5. The minimum atomic E-state index is 0.286. The summed E-state index contributed by atoms with van der Waals surface area (Å²) in [6, 6.07) is 0. The van der Waals surface area contributed by atoms with Gasteiger partial charge in [-0.05, 0) is 25.0 Å². The minimum absolute atomic E-state index is 0.286. The van der Waals surface area contributed by atoms with Gasteiger partial charge in [0.05, 0.1) is 0 Å². The fourth-order valence-corrected chi connectivity index (χ4v) is 1.66. The molecule has 0 unspecified atom stereocenters. The first-order chi connectivity index (χ1) is 6.74. The van der Waals surface area contributed by atoms with Crippen LogP contribution in [0, 0.1) is 0 Å². The molecule has 80 valence electrons. The Morgan fingerprint density at radius 2 is 2.36 bits per heavy atom. The van der Waals surface area contributed by atoms with Crippen molar-refractivity contribution in [3.8, 4) is 0 Å². The van der Waals surface area contributed by atoms with E-state index in [9.17, 15) is 4.79 Å². The first-order valence-corrected chi connectivity index (χ1v) is 5.39. The molecule has 14 heavy (non-hydrogen) atoms. The number of nitrogens with one attached hydrogen (secondary N) is 1. The molecule has 0 aliphatic carbocycles. The summed E-state index contributed by atoms with van der Waals surface area (Å²) < 4.78 is 0. The predicted molar refractivity (Wildman–Crippen MR) is 58.1 cm³/mol. The highest BCUT2D eigenvalue weighted by atomic mass is 16.2. The van der Waals surface area contributed by atoms with Crippen LogP contribution in [-0.4, -0.2) is 37.0 Å². The van der Waals surface area contributed by atoms with Crippen LogP contribution in [0.25, 0.3) is 0 Å². The average molecular weight is 196 g/mol. The molecule has 1 aliphatic heterocycles. The Labute approximate surface area is 86.2 Å². The second-order valence-corrected chi connectivity index (χ2v) is 3.80. The van der Waals surface area contributed by atoms with Gasteiger partial charge in [-0.15, -0.1) is 0 Å². The summed E-state index contributed by atoms with van der Waals surface area (Å²) in [6.07, 6.45) is 2.91. The Hall–Kier alpha value is -0.830. The van der Waals surface area contributed by atoms with Gasteiger partial charge >= 0.3 is 0 Å². The molecule has 0 radical (unpaired) electrons. The average Bonchev–Trinajstić information content (AvgIpc) is 2.18. The van der Waals surface area contributed by atoms with E-state index < -0.39 is 0 Å². The van der Waals surface area contributed by atoms with Crippen LogP contribution >= 0.6 is 0 Å². The van der Waals surface area contributed by atoms with Gasteiger partial charge in [-0.3, -0.25) is 4.79 Å². The summed E-state index contributed by atoms with van der Waals surface area (Å²) in [4.78, 5) is 13.4. The van der Waals surface area contributed by atoms with Crippen molar-refractivity contribution in [2.24, 2.45) is 0 Å². The van der Waals surface area contributed by atoms with Crippen molar-refractivity contribution in [2.75, 3.05) is 26.2 Å². The van der Waals surface area contributed by atoms with E-state index in [1.54, 1.807) is 0 Å². The van der Waals surface area contributed by atoms with E-state index in [1.807, 2.05) is 4.90 Å².